The molecule has 29 heavy (non-hydrogen) atoms. The quantitative estimate of drug-likeness (QED) is 0.874. The molecule has 1 saturated carbocycles. The highest BCUT2D eigenvalue weighted by Crippen LogP contribution is 2.70. The SMILES string of the molecule is Cc1ccc(CNC(=O)C23CCC(C)(c4nc(C#N)c(C#N)nc42)C3(C)C)cc1. The van der Waals surface area contributed by atoms with Crippen LogP contribution in [0.5, 0.6) is 0 Å². The van der Waals surface area contributed by atoms with Crippen LogP contribution >= 0.6 is 0 Å². The van der Waals surface area contributed by atoms with Gasteiger partial charge in [-0.1, -0.05) is 50.6 Å². The first-order chi connectivity index (χ1) is 13.7. The van der Waals surface area contributed by atoms with Crippen molar-refractivity contribution in [2.24, 2.45) is 5.41 Å². The molecule has 4 rings (SSSR count). The van der Waals surface area contributed by atoms with Gasteiger partial charge in [0.05, 0.1) is 16.8 Å². The van der Waals surface area contributed by atoms with E-state index in [9.17, 15) is 15.3 Å². The van der Waals surface area contributed by atoms with Crippen molar-refractivity contribution in [1.82, 2.24) is 15.3 Å². The Balaban J connectivity index is 1.78. The fourth-order valence-electron chi connectivity index (χ4n) is 5.18. The molecule has 1 aromatic carbocycles. The lowest BCUT2D eigenvalue weighted by Gasteiger charge is -2.39. The Kier molecular flexibility index (Phi) is 4.03. The second-order valence-corrected chi connectivity index (χ2v) is 8.87. The van der Waals surface area contributed by atoms with Gasteiger partial charge in [-0.2, -0.15) is 10.5 Å². The van der Waals surface area contributed by atoms with Crippen LogP contribution in [0, 0.1) is 35.0 Å². The van der Waals surface area contributed by atoms with E-state index in [0.29, 0.717) is 24.4 Å². The van der Waals surface area contributed by atoms with E-state index in [0.717, 1.165) is 12.0 Å². The molecule has 1 heterocycles. The van der Waals surface area contributed by atoms with E-state index in [4.69, 9.17) is 0 Å². The van der Waals surface area contributed by atoms with Crippen molar-refractivity contribution >= 4 is 5.91 Å². The first kappa shape index (κ1) is 19.1. The number of carbonyl (C=O) groups is 1. The van der Waals surface area contributed by atoms with Gasteiger partial charge in [0.1, 0.15) is 12.1 Å². The summed E-state index contributed by atoms with van der Waals surface area (Å²) in [4.78, 5) is 22.7. The van der Waals surface area contributed by atoms with E-state index in [1.54, 1.807) is 0 Å². The Hall–Kier alpha value is -3.25. The number of hydrogen-bond donors (Lipinski definition) is 1. The van der Waals surface area contributed by atoms with Crippen molar-refractivity contribution in [1.29, 1.82) is 10.5 Å². The average Bonchev–Trinajstić information content (AvgIpc) is 3.01. The van der Waals surface area contributed by atoms with Crippen LogP contribution in [-0.2, 0) is 22.2 Å². The molecule has 0 saturated heterocycles. The number of hydrogen-bond acceptors (Lipinski definition) is 5. The number of benzene rings is 1. The van der Waals surface area contributed by atoms with E-state index < -0.39 is 10.8 Å². The van der Waals surface area contributed by atoms with Crippen molar-refractivity contribution in [2.75, 3.05) is 0 Å². The normalized spacial score (nSPS) is 25.7. The second-order valence-electron chi connectivity index (χ2n) is 8.87. The Morgan fingerprint density at radius 3 is 2.21 bits per heavy atom. The van der Waals surface area contributed by atoms with Crippen molar-refractivity contribution in [3.8, 4) is 12.1 Å². The third-order valence-electron chi connectivity index (χ3n) is 7.44. The molecule has 146 valence electrons. The van der Waals surface area contributed by atoms with Crippen LogP contribution in [0.1, 0.15) is 67.5 Å². The highest BCUT2D eigenvalue weighted by molar-refractivity contribution is 5.92. The lowest BCUT2D eigenvalue weighted by Crippen LogP contribution is -2.51. The smallest absolute Gasteiger partial charge is 0.233 e. The van der Waals surface area contributed by atoms with E-state index in [2.05, 4.69) is 36.1 Å². The maximum absolute atomic E-state index is 13.6. The van der Waals surface area contributed by atoms with Gasteiger partial charge in [-0.05, 0) is 30.7 Å². The summed E-state index contributed by atoms with van der Waals surface area (Å²) in [5.74, 6) is -0.0894. The molecule has 1 N–H and O–H groups in total. The molecule has 2 bridgehead atoms. The van der Waals surface area contributed by atoms with E-state index in [-0.39, 0.29) is 22.7 Å². The number of nitriles is 2. The lowest BCUT2D eigenvalue weighted by molar-refractivity contribution is -0.130. The van der Waals surface area contributed by atoms with Crippen LogP contribution in [0.25, 0.3) is 0 Å². The molecule has 1 amide bonds. The van der Waals surface area contributed by atoms with Crippen LogP contribution in [0.2, 0.25) is 0 Å². The summed E-state index contributed by atoms with van der Waals surface area (Å²) in [5, 5.41) is 21.9. The van der Waals surface area contributed by atoms with E-state index >= 15 is 0 Å². The Labute approximate surface area is 170 Å². The molecule has 1 fully saturated rings. The van der Waals surface area contributed by atoms with Crippen molar-refractivity contribution in [3.05, 3.63) is 58.2 Å². The fraction of sp³-hybridized carbons (Fsp3) is 0.435. The molecule has 2 aromatic rings. The maximum Gasteiger partial charge on any atom is 0.233 e. The summed E-state index contributed by atoms with van der Waals surface area (Å²) >= 11 is 0. The Morgan fingerprint density at radius 2 is 1.62 bits per heavy atom. The number of aromatic nitrogens is 2. The second kappa shape index (κ2) is 6.12. The van der Waals surface area contributed by atoms with Gasteiger partial charge in [0.15, 0.2) is 11.4 Å². The lowest BCUT2D eigenvalue weighted by atomic mass is 9.63. The molecule has 0 spiro atoms. The minimum atomic E-state index is -0.867. The number of fused-ring (bicyclic) bond motifs is 5. The summed E-state index contributed by atoms with van der Waals surface area (Å²) < 4.78 is 0. The van der Waals surface area contributed by atoms with Crippen LogP contribution in [-0.4, -0.2) is 15.9 Å². The third-order valence-corrected chi connectivity index (χ3v) is 7.44. The van der Waals surface area contributed by atoms with Crippen molar-refractivity contribution in [2.45, 2.75) is 57.9 Å². The first-order valence-corrected chi connectivity index (χ1v) is 9.78. The number of carbonyl (C=O) groups excluding carboxylic acids is 1. The molecule has 2 unspecified atom stereocenters. The molecular formula is C23H23N5O. The number of rotatable bonds is 3. The molecule has 6 heteroatoms. The van der Waals surface area contributed by atoms with Crippen LogP contribution < -0.4 is 5.32 Å². The molecule has 0 radical (unpaired) electrons. The zero-order valence-electron chi connectivity index (χ0n) is 17.1. The van der Waals surface area contributed by atoms with Crippen molar-refractivity contribution in [3.63, 3.8) is 0 Å². The minimum Gasteiger partial charge on any atom is -0.351 e. The molecule has 0 aliphatic heterocycles. The van der Waals surface area contributed by atoms with Gasteiger partial charge in [0.25, 0.3) is 0 Å². The standard InChI is InChI=1S/C23H23N5O/c1-14-5-7-15(8-6-14)13-26-20(29)23-10-9-22(4,21(23,2)3)18-19(23)28-17(12-25)16(11-24)27-18/h5-8H,9-10,13H2,1-4H3,(H,26,29). The summed E-state index contributed by atoms with van der Waals surface area (Å²) in [6.07, 6.45) is 1.44. The molecule has 6 nitrogen and oxygen atoms in total. The molecule has 1 aromatic heterocycles. The van der Waals surface area contributed by atoms with Crippen molar-refractivity contribution < 1.29 is 4.79 Å². The predicted octanol–water partition coefficient (Wildman–Crippen LogP) is 3.17. The summed E-state index contributed by atoms with van der Waals surface area (Å²) in [7, 11) is 0. The van der Waals surface area contributed by atoms with Gasteiger partial charge < -0.3 is 5.32 Å². The number of amides is 1. The zero-order chi connectivity index (χ0) is 21.0. The van der Waals surface area contributed by atoms with Crippen LogP contribution in [0.4, 0.5) is 0 Å². The Bertz CT molecular complexity index is 1110. The van der Waals surface area contributed by atoms with Gasteiger partial charge in [0, 0.05) is 12.0 Å². The van der Waals surface area contributed by atoms with Gasteiger partial charge >= 0.3 is 0 Å². The molecule has 2 aliphatic rings. The monoisotopic (exact) mass is 385 g/mol. The fourth-order valence-corrected chi connectivity index (χ4v) is 5.18. The van der Waals surface area contributed by atoms with Crippen LogP contribution in [0.3, 0.4) is 0 Å². The number of nitrogens with one attached hydrogen (secondary N) is 1. The summed E-state index contributed by atoms with van der Waals surface area (Å²) in [6, 6.07) is 12.0. The topological polar surface area (TPSA) is 102 Å². The van der Waals surface area contributed by atoms with Gasteiger partial charge in [-0.3, -0.25) is 4.79 Å². The molecule has 2 aliphatic carbocycles. The molecular weight excluding hydrogens is 362 g/mol. The van der Waals surface area contributed by atoms with E-state index in [1.165, 1.54) is 5.56 Å². The molecule has 2 atom stereocenters. The average molecular weight is 385 g/mol. The highest BCUT2D eigenvalue weighted by atomic mass is 16.2. The first-order valence-electron chi connectivity index (χ1n) is 9.78. The van der Waals surface area contributed by atoms with Crippen LogP contribution in [0.15, 0.2) is 24.3 Å². The number of aryl methyl sites for hydroxylation is 1. The third kappa shape index (κ3) is 2.29. The van der Waals surface area contributed by atoms with Gasteiger partial charge in [-0.15, -0.1) is 0 Å². The zero-order valence-corrected chi connectivity index (χ0v) is 17.1. The van der Waals surface area contributed by atoms with Gasteiger partial charge in [-0.25, -0.2) is 9.97 Å². The summed E-state index contributed by atoms with van der Waals surface area (Å²) in [5.41, 5.74) is 1.78. The predicted molar refractivity (Wildman–Crippen MR) is 107 cm³/mol. The summed E-state index contributed by atoms with van der Waals surface area (Å²) in [6.45, 7) is 8.70. The largest absolute Gasteiger partial charge is 0.351 e. The minimum absolute atomic E-state index is 0.0103. The maximum atomic E-state index is 13.6. The number of nitrogens with zero attached hydrogens (tertiary/aromatic N) is 4. The highest BCUT2D eigenvalue weighted by Gasteiger charge is 2.73. The van der Waals surface area contributed by atoms with Gasteiger partial charge in [0.2, 0.25) is 5.91 Å². The Morgan fingerprint density at radius 1 is 1.03 bits per heavy atom. The van der Waals surface area contributed by atoms with E-state index in [1.807, 2.05) is 43.3 Å².